The molecule has 0 saturated carbocycles. The van der Waals surface area contributed by atoms with Crippen LogP contribution in [0.1, 0.15) is 31.4 Å². The number of benzene rings is 1. The molecule has 0 amide bonds. The normalized spacial score (nSPS) is 16.0. The average molecular weight is 355 g/mol. The highest BCUT2D eigenvalue weighted by Crippen LogP contribution is 2.39. The van der Waals surface area contributed by atoms with Crippen molar-refractivity contribution in [3.05, 3.63) is 34.3 Å². The molecule has 2 rings (SSSR count). The minimum Gasteiger partial charge on any atom is -0.490 e. The van der Waals surface area contributed by atoms with E-state index in [4.69, 9.17) is 15.2 Å². The maximum atomic E-state index is 5.91. The standard InChI is InChI=1S/C16H23BrN2O2/c1-2-3-4-6-19-14(11-18)12-9-13(17)16-15(10-12)20-7-5-8-21-16/h2-3,9-10,14,19H,4-8,11,18H2,1H3/b3-2+. The average Bonchev–Trinajstić information content (AvgIpc) is 2.73. The second-order valence-electron chi connectivity index (χ2n) is 4.98. The number of nitrogens with two attached hydrogens (primary N) is 1. The van der Waals surface area contributed by atoms with E-state index in [0.717, 1.165) is 40.9 Å². The van der Waals surface area contributed by atoms with Gasteiger partial charge in [0.05, 0.1) is 17.7 Å². The van der Waals surface area contributed by atoms with Gasteiger partial charge >= 0.3 is 0 Å². The number of nitrogens with one attached hydrogen (secondary N) is 1. The van der Waals surface area contributed by atoms with Crippen LogP contribution in [0.15, 0.2) is 28.8 Å². The zero-order valence-electron chi connectivity index (χ0n) is 12.4. The van der Waals surface area contributed by atoms with Crippen LogP contribution in [0.5, 0.6) is 11.5 Å². The molecule has 0 aliphatic carbocycles. The zero-order chi connectivity index (χ0) is 15.1. The van der Waals surface area contributed by atoms with Gasteiger partial charge in [-0.1, -0.05) is 12.2 Å². The summed E-state index contributed by atoms with van der Waals surface area (Å²) in [6.45, 7) is 4.85. The third-order valence-corrected chi connectivity index (χ3v) is 3.99. The minimum atomic E-state index is 0.115. The smallest absolute Gasteiger partial charge is 0.175 e. The van der Waals surface area contributed by atoms with Gasteiger partial charge in [-0.15, -0.1) is 0 Å². The third-order valence-electron chi connectivity index (χ3n) is 3.40. The van der Waals surface area contributed by atoms with Gasteiger partial charge in [-0.25, -0.2) is 0 Å². The lowest BCUT2D eigenvalue weighted by Gasteiger charge is -2.19. The quantitative estimate of drug-likeness (QED) is 0.608. The first kappa shape index (κ1) is 16.3. The number of rotatable bonds is 6. The number of ether oxygens (including phenoxy) is 2. The molecule has 116 valence electrons. The molecule has 1 heterocycles. The Kier molecular flexibility index (Phi) is 6.54. The second-order valence-corrected chi connectivity index (χ2v) is 5.83. The van der Waals surface area contributed by atoms with Gasteiger partial charge in [0.15, 0.2) is 11.5 Å². The summed E-state index contributed by atoms with van der Waals surface area (Å²) in [5.41, 5.74) is 7.03. The molecule has 0 saturated heterocycles. The van der Waals surface area contributed by atoms with Crippen molar-refractivity contribution in [3.8, 4) is 11.5 Å². The van der Waals surface area contributed by atoms with Crippen LogP contribution in [0, 0.1) is 0 Å². The highest BCUT2D eigenvalue weighted by atomic mass is 79.9. The van der Waals surface area contributed by atoms with E-state index in [1.165, 1.54) is 0 Å². The fourth-order valence-electron chi connectivity index (χ4n) is 2.30. The van der Waals surface area contributed by atoms with Crippen molar-refractivity contribution in [1.82, 2.24) is 5.32 Å². The van der Waals surface area contributed by atoms with Gasteiger partial charge in [-0.05, 0) is 53.5 Å². The number of hydrogen-bond acceptors (Lipinski definition) is 4. The molecule has 0 radical (unpaired) electrons. The Hall–Kier alpha value is -1.04. The number of allylic oxidation sites excluding steroid dienone is 1. The maximum absolute atomic E-state index is 5.91. The second kappa shape index (κ2) is 8.41. The van der Waals surface area contributed by atoms with Crippen molar-refractivity contribution in [1.29, 1.82) is 0 Å². The summed E-state index contributed by atoms with van der Waals surface area (Å²) in [5.74, 6) is 1.59. The SMILES string of the molecule is C/C=C/CCNC(CN)c1cc(Br)c2c(c1)OCCCO2. The predicted octanol–water partition coefficient (Wildman–Crippen LogP) is 3.17. The number of fused-ring (bicyclic) bond motifs is 1. The summed E-state index contributed by atoms with van der Waals surface area (Å²) in [6.07, 6.45) is 6.10. The Bertz CT molecular complexity index is 491. The summed E-state index contributed by atoms with van der Waals surface area (Å²) in [6, 6.07) is 4.21. The van der Waals surface area contributed by atoms with Crippen LogP contribution in [0.25, 0.3) is 0 Å². The van der Waals surface area contributed by atoms with Crippen LogP contribution in [0.2, 0.25) is 0 Å². The van der Waals surface area contributed by atoms with Crippen LogP contribution in [0.3, 0.4) is 0 Å². The van der Waals surface area contributed by atoms with Crippen molar-refractivity contribution in [3.63, 3.8) is 0 Å². The van der Waals surface area contributed by atoms with Crippen molar-refractivity contribution >= 4 is 15.9 Å². The molecular formula is C16H23BrN2O2. The number of hydrogen-bond donors (Lipinski definition) is 2. The Morgan fingerprint density at radius 2 is 2.19 bits per heavy atom. The number of halogens is 1. The van der Waals surface area contributed by atoms with E-state index in [1.54, 1.807) is 0 Å². The highest BCUT2D eigenvalue weighted by molar-refractivity contribution is 9.10. The fourth-order valence-corrected chi connectivity index (χ4v) is 2.87. The Morgan fingerprint density at radius 1 is 1.38 bits per heavy atom. The van der Waals surface area contributed by atoms with Gasteiger partial charge in [-0.2, -0.15) is 0 Å². The molecule has 1 atom stereocenters. The molecule has 3 N–H and O–H groups in total. The predicted molar refractivity (Wildman–Crippen MR) is 89.0 cm³/mol. The lowest BCUT2D eigenvalue weighted by Crippen LogP contribution is -2.28. The molecule has 21 heavy (non-hydrogen) atoms. The van der Waals surface area contributed by atoms with Crippen LogP contribution < -0.4 is 20.5 Å². The third kappa shape index (κ3) is 4.46. The molecular weight excluding hydrogens is 332 g/mol. The lowest BCUT2D eigenvalue weighted by atomic mass is 10.1. The van der Waals surface area contributed by atoms with Crippen molar-refractivity contribution in [2.24, 2.45) is 5.73 Å². The molecule has 0 fully saturated rings. The van der Waals surface area contributed by atoms with Crippen LogP contribution in [0.4, 0.5) is 0 Å². The Morgan fingerprint density at radius 3 is 2.95 bits per heavy atom. The monoisotopic (exact) mass is 354 g/mol. The van der Waals surface area contributed by atoms with E-state index in [2.05, 4.69) is 39.5 Å². The first-order valence-electron chi connectivity index (χ1n) is 7.40. The molecule has 4 nitrogen and oxygen atoms in total. The molecule has 1 aromatic rings. The van der Waals surface area contributed by atoms with Gasteiger partial charge in [0.2, 0.25) is 0 Å². The summed E-state index contributed by atoms with van der Waals surface area (Å²) in [5, 5.41) is 3.48. The molecule has 1 aliphatic rings. The minimum absolute atomic E-state index is 0.115. The van der Waals surface area contributed by atoms with Gasteiger partial charge < -0.3 is 20.5 Å². The van der Waals surface area contributed by atoms with E-state index in [-0.39, 0.29) is 6.04 Å². The zero-order valence-corrected chi connectivity index (χ0v) is 14.0. The molecule has 1 aromatic carbocycles. The lowest BCUT2D eigenvalue weighted by molar-refractivity contribution is 0.296. The van der Waals surface area contributed by atoms with E-state index in [9.17, 15) is 0 Å². The van der Waals surface area contributed by atoms with Gasteiger partial charge in [0.1, 0.15) is 0 Å². The molecule has 0 bridgehead atoms. The van der Waals surface area contributed by atoms with E-state index in [1.807, 2.05) is 13.0 Å². The summed E-state index contributed by atoms with van der Waals surface area (Å²) in [4.78, 5) is 0. The van der Waals surface area contributed by atoms with E-state index >= 15 is 0 Å². The Labute approximate surface area is 134 Å². The van der Waals surface area contributed by atoms with Gasteiger partial charge in [0.25, 0.3) is 0 Å². The summed E-state index contributed by atoms with van der Waals surface area (Å²) < 4.78 is 12.4. The van der Waals surface area contributed by atoms with Crippen molar-refractivity contribution in [2.75, 3.05) is 26.3 Å². The topological polar surface area (TPSA) is 56.5 Å². The Balaban J connectivity index is 2.13. The van der Waals surface area contributed by atoms with E-state index < -0.39 is 0 Å². The maximum Gasteiger partial charge on any atom is 0.175 e. The largest absolute Gasteiger partial charge is 0.490 e. The first-order chi connectivity index (χ1) is 10.3. The first-order valence-corrected chi connectivity index (χ1v) is 8.19. The van der Waals surface area contributed by atoms with Crippen LogP contribution >= 0.6 is 15.9 Å². The van der Waals surface area contributed by atoms with Crippen molar-refractivity contribution in [2.45, 2.75) is 25.8 Å². The molecule has 0 spiro atoms. The highest BCUT2D eigenvalue weighted by Gasteiger charge is 2.18. The fraction of sp³-hybridized carbons (Fsp3) is 0.500. The van der Waals surface area contributed by atoms with Crippen LogP contribution in [-0.2, 0) is 0 Å². The van der Waals surface area contributed by atoms with Crippen LogP contribution in [-0.4, -0.2) is 26.3 Å². The summed E-state index contributed by atoms with van der Waals surface area (Å²) >= 11 is 3.57. The van der Waals surface area contributed by atoms with Gasteiger partial charge in [-0.3, -0.25) is 0 Å². The molecule has 5 heteroatoms. The van der Waals surface area contributed by atoms with Gasteiger partial charge in [0, 0.05) is 19.0 Å². The molecule has 1 unspecified atom stereocenters. The molecule has 0 aromatic heterocycles. The molecule has 1 aliphatic heterocycles. The van der Waals surface area contributed by atoms with Crippen molar-refractivity contribution < 1.29 is 9.47 Å². The van der Waals surface area contributed by atoms with E-state index in [0.29, 0.717) is 19.8 Å². The summed E-state index contributed by atoms with van der Waals surface area (Å²) in [7, 11) is 0.